The van der Waals surface area contributed by atoms with Crippen molar-refractivity contribution < 1.29 is 9.21 Å². The molecule has 0 aliphatic rings. The molecule has 3 aromatic rings. The summed E-state index contributed by atoms with van der Waals surface area (Å²) in [5.74, 6) is 0.147. The first-order valence-corrected chi connectivity index (χ1v) is 6.11. The van der Waals surface area contributed by atoms with Crippen molar-refractivity contribution in [2.45, 2.75) is 6.42 Å². The largest absolute Gasteiger partial charge is 0.440 e. The van der Waals surface area contributed by atoms with Crippen LogP contribution in [0.4, 0.5) is 0 Å². The summed E-state index contributed by atoms with van der Waals surface area (Å²) >= 11 is 0. The lowest BCUT2D eigenvalue weighted by atomic mass is 10.1. The Balaban J connectivity index is 1.75. The van der Waals surface area contributed by atoms with Gasteiger partial charge in [0.25, 0.3) is 0 Å². The maximum Gasteiger partial charge on any atom is 0.204 e. The maximum atomic E-state index is 11.9. The summed E-state index contributed by atoms with van der Waals surface area (Å²) in [6, 6.07) is 9.37. The van der Waals surface area contributed by atoms with Gasteiger partial charge in [-0.2, -0.15) is 0 Å². The third kappa shape index (κ3) is 2.61. The highest BCUT2D eigenvalue weighted by molar-refractivity contribution is 5.94. The smallest absolute Gasteiger partial charge is 0.204 e. The van der Waals surface area contributed by atoms with Gasteiger partial charge in [0.05, 0.1) is 17.6 Å². The molecule has 0 spiro atoms. The third-order valence-electron chi connectivity index (χ3n) is 2.82. The fourth-order valence-corrected chi connectivity index (χ4v) is 1.82. The lowest BCUT2D eigenvalue weighted by Crippen LogP contribution is -2.02. The number of aromatic nitrogens is 3. The molecule has 0 fully saturated rings. The average Bonchev–Trinajstić information content (AvgIpc) is 3.03. The second kappa shape index (κ2) is 5.44. The van der Waals surface area contributed by atoms with E-state index in [1.165, 1.54) is 12.6 Å². The second-order valence-corrected chi connectivity index (χ2v) is 4.23. The van der Waals surface area contributed by atoms with E-state index in [-0.39, 0.29) is 18.0 Å². The van der Waals surface area contributed by atoms with Crippen LogP contribution in [-0.4, -0.2) is 20.7 Å². The van der Waals surface area contributed by atoms with E-state index in [1.54, 1.807) is 12.4 Å². The van der Waals surface area contributed by atoms with E-state index in [9.17, 15) is 4.79 Å². The Bertz CT molecular complexity index is 692. The number of ketones is 1. The lowest BCUT2D eigenvalue weighted by Gasteiger charge is -2.01. The Kier molecular flexibility index (Phi) is 3.33. The van der Waals surface area contributed by atoms with Crippen LogP contribution in [0.5, 0.6) is 0 Å². The first-order chi connectivity index (χ1) is 9.83. The molecule has 3 rings (SSSR count). The number of carbonyl (C=O) groups is 1. The van der Waals surface area contributed by atoms with Crippen molar-refractivity contribution in [1.82, 2.24) is 15.0 Å². The Morgan fingerprint density at radius 3 is 2.60 bits per heavy atom. The van der Waals surface area contributed by atoms with Crippen LogP contribution in [-0.2, 0) is 6.42 Å². The quantitative estimate of drug-likeness (QED) is 0.678. The van der Waals surface area contributed by atoms with Crippen LogP contribution in [0.2, 0.25) is 0 Å². The van der Waals surface area contributed by atoms with Crippen molar-refractivity contribution >= 4 is 5.78 Å². The fourth-order valence-electron chi connectivity index (χ4n) is 1.82. The molecule has 20 heavy (non-hydrogen) atoms. The van der Waals surface area contributed by atoms with E-state index in [4.69, 9.17) is 4.42 Å². The van der Waals surface area contributed by atoms with Crippen molar-refractivity contribution in [3.63, 3.8) is 0 Å². The molecule has 0 aliphatic heterocycles. The topological polar surface area (TPSA) is 68.9 Å². The monoisotopic (exact) mass is 265 g/mol. The van der Waals surface area contributed by atoms with Gasteiger partial charge in [-0.3, -0.25) is 14.8 Å². The van der Waals surface area contributed by atoms with Crippen LogP contribution >= 0.6 is 0 Å². The van der Waals surface area contributed by atoms with Crippen molar-refractivity contribution in [3.8, 4) is 11.4 Å². The molecule has 0 saturated heterocycles. The standard InChI is InChI=1S/C15H11N3O2/c19-14(15-9-16-10-20-15)7-11-4-5-13(18-8-11)12-3-1-2-6-17-12/h1-6,8-10H,7H2. The van der Waals surface area contributed by atoms with E-state index in [0.29, 0.717) is 0 Å². The Morgan fingerprint density at radius 2 is 1.95 bits per heavy atom. The van der Waals surface area contributed by atoms with Gasteiger partial charge in [-0.1, -0.05) is 12.1 Å². The van der Waals surface area contributed by atoms with Gasteiger partial charge < -0.3 is 4.42 Å². The fraction of sp³-hybridized carbons (Fsp3) is 0.0667. The van der Waals surface area contributed by atoms with Crippen LogP contribution in [0, 0.1) is 0 Å². The summed E-state index contributed by atoms with van der Waals surface area (Å²) < 4.78 is 4.97. The molecule has 0 N–H and O–H groups in total. The van der Waals surface area contributed by atoms with Crippen molar-refractivity contribution in [2.75, 3.05) is 0 Å². The van der Waals surface area contributed by atoms with Crippen LogP contribution in [0.1, 0.15) is 16.1 Å². The summed E-state index contributed by atoms with van der Waals surface area (Å²) in [4.78, 5) is 24.1. The predicted molar refractivity (Wildman–Crippen MR) is 72.0 cm³/mol. The van der Waals surface area contributed by atoms with Gasteiger partial charge in [-0.05, 0) is 23.8 Å². The zero-order chi connectivity index (χ0) is 13.8. The highest BCUT2D eigenvalue weighted by Gasteiger charge is 2.11. The van der Waals surface area contributed by atoms with Crippen LogP contribution in [0.3, 0.4) is 0 Å². The van der Waals surface area contributed by atoms with E-state index in [2.05, 4.69) is 15.0 Å². The number of carbonyl (C=O) groups excluding carboxylic acids is 1. The van der Waals surface area contributed by atoms with Gasteiger partial charge in [-0.25, -0.2) is 4.98 Å². The molecule has 5 heteroatoms. The summed E-state index contributed by atoms with van der Waals surface area (Å²) in [6.45, 7) is 0. The van der Waals surface area contributed by atoms with E-state index in [1.807, 2.05) is 30.3 Å². The maximum absolute atomic E-state index is 11.9. The molecule has 0 amide bonds. The van der Waals surface area contributed by atoms with Crippen LogP contribution in [0.25, 0.3) is 11.4 Å². The van der Waals surface area contributed by atoms with Gasteiger partial charge >= 0.3 is 0 Å². The van der Waals surface area contributed by atoms with Crippen molar-refractivity contribution in [2.24, 2.45) is 0 Å². The zero-order valence-electron chi connectivity index (χ0n) is 10.6. The highest BCUT2D eigenvalue weighted by Crippen LogP contribution is 2.14. The Labute approximate surface area is 115 Å². The lowest BCUT2D eigenvalue weighted by molar-refractivity contribution is 0.0966. The first kappa shape index (κ1) is 12.2. The number of Topliss-reactive ketones (excluding diaryl/α,β-unsaturated/α-hetero) is 1. The average molecular weight is 265 g/mol. The summed E-state index contributed by atoms with van der Waals surface area (Å²) in [6.07, 6.45) is 6.30. The van der Waals surface area contributed by atoms with E-state index < -0.39 is 0 Å². The van der Waals surface area contributed by atoms with E-state index in [0.717, 1.165) is 17.0 Å². The molecule has 0 unspecified atom stereocenters. The van der Waals surface area contributed by atoms with E-state index >= 15 is 0 Å². The minimum absolute atomic E-state index is 0.116. The number of pyridine rings is 2. The number of nitrogens with zero attached hydrogens (tertiary/aromatic N) is 3. The van der Waals surface area contributed by atoms with Gasteiger partial charge in [0.1, 0.15) is 0 Å². The molecule has 0 saturated carbocycles. The normalized spacial score (nSPS) is 10.4. The summed E-state index contributed by atoms with van der Waals surface area (Å²) in [5, 5.41) is 0. The molecule has 0 atom stereocenters. The molecule has 3 aromatic heterocycles. The highest BCUT2D eigenvalue weighted by atomic mass is 16.3. The number of hydrogen-bond donors (Lipinski definition) is 0. The zero-order valence-corrected chi connectivity index (χ0v) is 10.6. The minimum Gasteiger partial charge on any atom is -0.440 e. The molecule has 3 heterocycles. The number of hydrogen-bond acceptors (Lipinski definition) is 5. The first-order valence-electron chi connectivity index (χ1n) is 6.11. The molecule has 0 aromatic carbocycles. The van der Waals surface area contributed by atoms with Crippen LogP contribution in [0.15, 0.2) is 59.7 Å². The molecule has 0 radical (unpaired) electrons. The SMILES string of the molecule is O=C(Cc1ccc(-c2ccccn2)nc1)c1cnco1. The molecule has 0 bridgehead atoms. The predicted octanol–water partition coefficient (Wildman–Crippen LogP) is 2.56. The number of oxazole rings is 1. The Hall–Kier alpha value is -2.82. The second-order valence-electron chi connectivity index (χ2n) is 4.23. The van der Waals surface area contributed by atoms with Crippen molar-refractivity contribution in [3.05, 3.63) is 66.6 Å². The van der Waals surface area contributed by atoms with Gasteiger partial charge in [0.2, 0.25) is 5.78 Å². The van der Waals surface area contributed by atoms with Gasteiger partial charge in [0.15, 0.2) is 12.2 Å². The van der Waals surface area contributed by atoms with Crippen molar-refractivity contribution in [1.29, 1.82) is 0 Å². The molecular formula is C15H11N3O2. The number of rotatable bonds is 4. The van der Waals surface area contributed by atoms with Gasteiger partial charge in [-0.15, -0.1) is 0 Å². The minimum atomic E-state index is -0.116. The molecule has 98 valence electrons. The molecule has 5 nitrogen and oxygen atoms in total. The molecule has 0 aliphatic carbocycles. The van der Waals surface area contributed by atoms with Gasteiger partial charge in [0, 0.05) is 18.8 Å². The third-order valence-corrected chi connectivity index (χ3v) is 2.82. The Morgan fingerprint density at radius 1 is 1.05 bits per heavy atom. The summed E-state index contributed by atoms with van der Waals surface area (Å²) in [7, 11) is 0. The summed E-state index contributed by atoms with van der Waals surface area (Å²) in [5.41, 5.74) is 2.41. The van der Waals surface area contributed by atoms with Crippen LogP contribution < -0.4 is 0 Å². The molecular weight excluding hydrogens is 254 g/mol.